The molecule has 0 N–H and O–H groups in total. The van der Waals surface area contributed by atoms with Crippen molar-refractivity contribution in [3.8, 4) is 0 Å². The van der Waals surface area contributed by atoms with E-state index in [0.717, 1.165) is 11.9 Å². The Labute approximate surface area is 76.9 Å². The number of hydrogen-bond donors (Lipinski definition) is 0. The molecule has 0 unspecified atom stereocenters. The lowest BCUT2D eigenvalue weighted by atomic mass is 10.4. The van der Waals surface area contributed by atoms with Crippen LogP contribution in [0.5, 0.6) is 0 Å². The van der Waals surface area contributed by atoms with E-state index in [9.17, 15) is 8.42 Å². The van der Waals surface area contributed by atoms with Gasteiger partial charge in [-0.15, -0.1) is 0 Å². The fourth-order valence-electron chi connectivity index (χ4n) is 0.730. The van der Waals surface area contributed by atoms with E-state index < -0.39 is 10.1 Å². The minimum atomic E-state index is -3.42. The molecular weight excluding hydrogens is 192 g/mol. The molecule has 72 valence electrons. The third-order valence-corrected chi connectivity index (χ3v) is 1.79. The lowest BCUT2D eigenvalue weighted by molar-refractivity contribution is 0.301. The summed E-state index contributed by atoms with van der Waals surface area (Å²) in [5.41, 5.74) is 0.780. The molecule has 1 heterocycles. The van der Waals surface area contributed by atoms with Gasteiger partial charge < -0.3 is 0 Å². The first-order valence-corrected chi connectivity index (χ1v) is 5.42. The standard InChI is InChI=1S/C7H10N2O3S/c1-6-3-4-8-7(9-6)5-12-13(2,10)11/h3-4H,5H2,1-2H3. The zero-order valence-corrected chi connectivity index (χ0v) is 8.21. The monoisotopic (exact) mass is 202 g/mol. The first-order chi connectivity index (χ1) is 5.97. The van der Waals surface area contributed by atoms with Gasteiger partial charge in [-0.3, -0.25) is 4.18 Å². The van der Waals surface area contributed by atoms with Gasteiger partial charge in [-0.1, -0.05) is 0 Å². The molecule has 0 aliphatic carbocycles. The Balaban J connectivity index is 2.65. The molecule has 0 amide bonds. The summed E-state index contributed by atoms with van der Waals surface area (Å²) in [7, 11) is -3.42. The minimum absolute atomic E-state index is 0.111. The van der Waals surface area contributed by atoms with Crippen LogP contribution in [0.3, 0.4) is 0 Å². The van der Waals surface area contributed by atoms with Gasteiger partial charge in [0.05, 0.1) is 6.26 Å². The van der Waals surface area contributed by atoms with Crippen LogP contribution in [-0.2, 0) is 20.9 Å². The Morgan fingerprint density at radius 3 is 2.77 bits per heavy atom. The third-order valence-electron chi connectivity index (χ3n) is 1.25. The summed E-state index contributed by atoms with van der Waals surface area (Å²) >= 11 is 0. The van der Waals surface area contributed by atoms with Crippen molar-refractivity contribution in [2.45, 2.75) is 13.5 Å². The molecule has 6 heteroatoms. The molecular formula is C7H10N2O3S. The molecule has 1 aromatic rings. The van der Waals surface area contributed by atoms with Crippen LogP contribution in [-0.4, -0.2) is 24.6 Å². The van der Waals surface area contributed by atoms with Gasteiger partial charge in [0.1, 0.15) is 6.61 Å². The molecule has 1 aromatic heterocycles. The zero-order chi connectivity index (χ0) is 9.90. The highest BCUT2D eigenvalue weighted by molar-refractivity contribution is 7.85. The first kappa shape index (κ1) is 10.1. The fraction of sp³-hybridized carbons (Fsp3) is 0.429. The largest absolute Gasteiger partial charge is 0.264 e. The van der Waals surface area contributed by atoms with Crippen molar-refractivity contribution in [1.82, 2.24) is 9.97 Å². The van der Waals surface area contributed by atoms with E-state index in [0.29, 0.717) is 5.82 Å². The maximum atomic E-state index is 10.6. The van der Waals surface area contributed by atoms with E-state index >= 15 is 0 Å². The zero-order valence-electron chi connectivity index (χ0n) is 7.39. The molecule has 0 fully saturated rings. The summed E-state index contributed by atoms with van der Waals surface area (Å²) in [5.74, 6) is 0.366. The lowest BCUT2D eigenvalue weighted by Crippen LogP contribution is -2.05. The molecule has 0 radical (unpaired) electrons. The SMILES string of the molecule is Cc1ccnc(COS(C)(=O)=O)n1. The van der Waals surface area contributed by atoms with Crippen molar-refractivity contribution in [1.29, 1.82) is 0 Å². The normalized spacial score (nSPS) is 11.5. The van der Waals surface area contributed by atoms with Gasteiger partial charge in [-0.2, -0.15) is 8.42 Å². The van der Waals surface area contributed by atoms with E-state index in [-0.39, 0.29) is 6.61 Å². The van der Waals surface area contributed by atoms with Gasteiger partial charge in [0, 0.05) is 11.9 Å². The van der Waals surface area contributed by atoms with Crippen molar-refractivity contribution in [3.63, 3.8) is 0 Å². The summed E-state index contributed by atoms with van der Waals surface area (Å²) < 4.78 is 25.7. The van der Waals surface area contributed by atoms with Crippen molar-refractivity contribution >= 4 is 10.1 Å². The highest BCUT2D eigenvalue weighted by Crippen LogP contribution is 1.98. The van der Waals surface area contributed by atoms with Gasteiger partial charge in [-0.25, -0.2) is 9.97 Å². The van der Waals surface area contributed by atoms with E-state index in [4.69, 9.17) is 0 Å². The third kappa shape index (κ3) is 3.95. The molecule has 0 aliphatic rings. The molecule has 13 heavy (non-hydrogen) atoms. The Morgan fingerprint density at radius 2 is 2.23 bits per heavy atom. The minimum Gasteiger partial charge on any atom is -0.262 e. The van der Waals surface area contributed by atoms with Gasteiger partial charge in [0.2, 0.25) is 0 Å². The van der Waals surface area contributed by atoms with E-state index in [1.165, 1.54) is 0 Å². The number of aryl methyl sites for hydroxylation is 1. The number of aromatic nitrogens is 2. The van der Waals surface area contributed by atoms with Crippen molar-refractivity contribution in [3.05, 3.63) is 23.8 Å². The quantitative estimate of drug-likeness (QED) is 0.658. The molecule has 0 spiro atoms. The molecule has 1 rings (SSSR count). The molecule has 0 saturated heterocycles. The average Bonchev–Trinajstić information content (AvgIpc) is 2.00. The summed E-state index contributed by atoms with van der Waals surface area (Å²) in [4.78, 5) is 7.82. The van der Waals surface area contributed by atoms with Crippen molar-refractivity contribution < 1.29 is 12.6 Å². The number of hydrogen-bond acceptors (Lipinski definition) is 5. The second-order valence-electron chi connectivity index (χ2n) is 2.58. The summed E-state index contributed by atoms with van der Waals surface area (Å²) in [6.45, 7) is 1.69. The van der Waals surface area contributed by atoms with Gasteiger partial charge in [0.25, 0.3) is 10.1 Å². The smallest absolute Gasteiger partial charge is 0.262 e. The van der Waals surface area contributed by atoms with E-state index in [1.807, 2.05) is 0 Å². The van der Waals surface area contributed by atoms with E-state index in [2.05, 4.69) is 14.2 Å². The summed E-state index contributed by atoms with van der Waals surface area (Å²) in [6, 6.07) is 1.73. The van der Waals surface area contributed by atoms with Gasteiger partial charge >= 0.3 is 0 Å². The maximum absolute atomic E-state index is 10.6. The molecule has 0 atom stereocenters. The fourth-order valence-corrected chi connectivity index (χ4v) is 1.05. The lowest BCUT2D eigenvalue weighted by Gasteiger charge is -2.00. The number of nitrogens with zero attached hydrogens (tertiary/aromatic N) is 2. The molecule has 0 aromatic carbocycles. The average molecular weight is 202 g/mol. The van der Waals surface area contributed by atoms with Gasteiger partial charge in [0.15, 0.2) is 5.82 Å². The van der Waals surface area contributed by atoms with Crippen molar-refractivity contribution in [2.24, 2.45) is 0 Å². The van der Waals surface area contributed by atoms with Crippen LogP contribution in [0, 0.1) is 6.92 Å². The second-order valence-corrected chi connectivity index (χ2v) is 4.22. The van der Waals surface area contributed by atoms with Crippen LogP contribution in [0.2, 0.25) is 0 Å². The Bertz CT molecular complexity index is 388. The van der Waals surface area contributed by atoms with Crippen LogP contribution in [0.25, 0.3) is 0 Å². The Hall–Kier alpha value is -1.01. The van der Waals surface area contributed by atoms with Crippen LogP contribution >= 0.6 is 0 Å². The highest BCUT2D eigenvalue weighted by Gasteiger charge is 2.03. The maximum Gasteiger partial charge on any atom is 0.264 e. The molecule has 0 aliphatic heterocycles. The molecule has 5 nitrogen and oxygen atoms in total. The predicted octanol–water partition coefficient (Wildman–Crippen LogP) is 0.261. The Morgan fingerprint density at radius 1 is 1.54 bits per heavy atom. The highest BCUT2D eigenvalue weighted by atomic mass is 32.2. The van der Waals surface area contributed by atoms with E-state index in [1.54, 1.807) is 19.2 Å². The van der Waals surface area contributed by atoms with Crippen LogP contribution in [0.15, 0.2) is 12.3 Å². The van der Waals surface area contributed by atoms with Crippen LogP contribution < -0.4 is 0 Å². The second kappa shape index (κ2) is 3.80. The van der Waals surface area contributed by atoms with Crippen molar-refractivity contribution in [2.75, 3.05) is 6.26 Å². The topological polar surface area (TPSA) is 69.2 Å². The summed E-state index contributed by atoms with van der Waals surface area (Å²) in [5, 5.41) is 0. The molecule has 0 bridgehead atoms. The van der Waals surface area contributed by atoms with Crippen LogP contribution in [0.1, 0.15) is 11.5 Å². The van der Waals surface area contributed by atoms with Gasteiger partial charge in [-0.05, 0) is 13.0 Å². The summed E-state index contributed by atoms with van der Waals surface area (Å²) in [6.07, 6.45) is 2.55. The Kier molecular flexibility index (Phi) is 2.94. The number of rotatable bonds is 3. The first-order valence-electron chi connectivity index (χ1n) is 3.60. The van der Waals surface area contributed by atoms with Crippen LogP contribution in [0.4, 0.5) is 0 Å². The predicted molar refractivity (Wildman–Crippen MR) is 46.4 cm³/mol. The molecule has 0 saturated carbocycles.